The zero-order chi connectivity index (χ0) is 21.8. The Morgan fingerprint density at radius 2 is 1.48 bits per heavy atom. The number of methoxy groups -OCH3 is 1. The average Bonchev–Trinajstić information content (AvgIpc) is 3.22. The van der Waals surface area contributed by atoms with Gasteiger partial charge in [-0.15, -0.1) is 10.2 Å². The summed E-state index contributed by atoms with van der Waals surface area (Å²) in [6.45, 7) is 4.06. The van der Waals surface area contributed by atoms with Gasteiger partial charge in [-0.2, -0.15) is 0 Å². The first-order valence-corrected chi connectivity index (χ1v) is 10.9. The molecule has 6 heteroatoms. The molecule has 0 unspecified atom stereocenters. The molecule has 31 heavy (non-hydrogen) atoms. The molecular formula is C25H23N3O2S. The Morgan fingerprint density at radius 3 is 2.10 bits per heavy atom. The number of rotatable bonds is 7. The number of carbonyl (C=O) groups is 1. The number of thioether (sulfide) groups is 1. The lowest BCUT2D eigenvalue weighted by Crippen LogP contribution is -2.05. The monoisotopic (exact) mass is 429 g/mol. The first-order valence-electron chi connectivity index (χ1n) is 9.94. The summed E-state index contributed by atoms with van der Waals surface area (Å²) in [5.74, 6) is 1.85. The molecule has 0 aliphatic carbocycles. The van der Waals surface area contributed by atoms with Gasteiger partial charge in [0.05, 0.1) is 12.9 Å². The second kappa shape index (κ2) is 9.18. The maximum absolute atomic E-state index is 12.7. The molecule has 4 aromatic rings. The standard InChI is InChI=1S/C25H23N3O2S/c1-17-4-8-19(9-5-17)23(29)16-31-25-27-26-24(20-10-14-22(30-3)15-11-20)28(25)21-12-6-18(2)7-13-21/h4-15H,16H2,1-3H3. The van der Waals surface area contributed by atoms with E-state index in [4.69, 9.17) is 4.74 Å². The maximum Gasteiger partial charge on any atom is 0.196 e. The number of ether oxygens (including phenoxy) is 1. The maximum atomic E-state index is 12.7. The van der Waals surface area contributed by atoms with Crippen LogP contribution in [0, 0.1) is 13.8 Å². The lowest BCUT2D eigenvalue weighted by atomic mass is 10.1. The molecule has 156 valence electrons. The van der Waals surface area contributed by atoms with Crippen molar-refractivity contribution in [1.29, 1.82) is 0 Å². The van der Waals surface area contributed by atoms with Gasteiger partial charge in [-0.05, 0) is 50.2 Å². The van der Waals surface area contributed by atoms with Crippen molar-refractivity contribution < 1.29 is 9.53 Å². The molecule has 0 atom stereocenters. The van der Waals surface area contributed by atoms with Crippen LogP contribution in [0.2, 0.25) is 0 Å². The Morgan fingerprint density at radius 1 is 0.871 bits per heavy atom. The molecule has 0 aliphatic rings. The second-order valence-corrected chi connectivity index (χ2v) is 8.23. The van der Waals surface area contributed by atoms with E-state index < -0.39 is 0 Å². The van der Waals surface area contributed by atoms with Crippen molar-refractivity contribution in [3.63, 3.8) is 0 Å². The molecule has 0 N–H and O–H groups in total. The first kappa shape index (κ1) is 20.9. The SMILES string of the molecule is COc1ccc(-c2nnc(SCC(=O)c3ccc(C)cc3)n2-c2ccc(C)cc2)cc1. The number of aryl methyl sites for hydroxylation is 2. The van der Waals surface area contributed by atoms with E-state index in [1.807, 2.05) is 72.2 Å². The third kappa shape index (κ3) is 4.70. The minimum Gasteiger partial charge on any atom is -0.497 e. The van der Waals surface area contributed by atoms with Gasteiger partial charge in [0.25, 0.3) is 0 Å². The zero-order valence-corrected chi connectivity index (χ0v) is 18.5. The lowest BCUT2D eigenvalue weighted by molar-refractivity contribution is 0.102. The molecule has 0 fully saturated rings. The third-order valence-electron chi connectivity index (χ3n) is 4.98. The molecule has 0 saturated carbocycles. The highest BCUT2D eigenvalue weighted by atomic mass is 32.2. The minimum atomic E-state index is 0.0643. The molecule has 0 aliphatic heterocycles. The van der Waals surface area contributed by atoms with E-state index in [9.17, 15) is 4.79 Å². The molecule has 1 heterocycles. The Bertz CT molecular complexity index is 1180. The number of Topliss-reactive ketones (excluding diaryl/α,β-unsaturated/α-hetero) is 1. The van der Waals surface area contributed by atoms with Crippen LogP contribution < -0.4 is 4.74 Å². The highest BCUT2D eigenvalue weighted by molar-refractivity contribution is 7.99. The minimum absolute atomic E-state index is 0.0643. The molecule has 3 aromatic carbocycles. The van der Waals surface area contributed by atoms with Crippen molar-refractivity contribution in [1.82, 2.24) is 14.8 Å². The van der Waals surface area contributed by atoms with E-state index in [-0.39, 0.29) is 11.5 Å². The average molecular weight is 430 g/mol. The van der Waals surface area contributed by atoms with Crippen molar-refractivity contribution in [3.05, 3.63) is 89.5 Å². The molecule has 5 nitrogen and oxygen atoms in total. The van der Waals surface area contributed by atoms with Crippen LogP contribution >= 0.6 is 11.8 Å². The van der Waals surface area contributed by atoms with Crippen LogP contribution in [0.4, 0.5) is 0 Å². The van der Waals surface area contributed by atoms with E-state index in [1.54, 1.807) is 7.11 Å². The van der Waals surface area contributed by atoms with Crippen LogP contribution in [0.3, 0.4) is 0 Å². The summed E-state index contributed by atoms with van der Waals surface area (Å²) in [7, 11) is 1.64. The number of aromatic nitrogens is 3. The molecular weight excluding hydrogens is 406 g/mol. The van der Waals surface area contributed by atoms with Crippen molar-refractivity contribution in [2.24, 2.45) is 0 Å². The number of nitrogens with zero attached hydrogens (tertiary/aromatic N) is 3. The van der Waals surface area contributed by atoms with Gasteiger partial charge in [-0.1, -0.05) is 59.3 Å². The molecule has 0 spiro atoms. The summed E-state index contributed by atoms with van der Waals surface area (Å²) in [5, 5.41) is 9.53. The Balaban J connectivity index is 1.66. The van der Waals surface area contributed by atoms with Gasteiger partial charge in [0, 0.05) is 16.8 Å². The quantitative estimate of drug-likeness (QED) is 0.285. The second-order valence-electron chi connectivity index (χ2n) is 7.28. The highest BCUT2D eigenvalue weighted by Crippen LogP contribution is 2.29. The lowest BCUT2D eigenvalue weighted by Gasteiger charge is -2.11. The molecule has 1 aromatic heterocycles. The van der Waals surface area contributed by atoms with Crippen LogP contribution in [-0.4, -0.2) is 33.4 Å². The van der Waals surface area contributed by atoms with E-state index in [0.29, 0.717) is 10.7 Å². The molecule has 4 rings (SSSR count). The summed E-state index contributed by atoms with van der Waals surface area (Å²) in [5.41, 5.74) is 4.88. The fourth-order valence-electron chi connectivity index (χ4n) is 3.17. The fraction of sp³-hybridized carbons (Fsp3) is 0.160. The largest absolute Gasteiger partial charge is 0.497 e. The normalized spacial score (nSPS) is 10.8. The van der Waals surface area contributed by atoms with Crippen molar-refractivity contribution >= 4 is 17.5 Å². The van der Waals surface area contributed by atoms with Gasteiger partial charge >= 0.3 is 0 Å². The summed E-state index contributed by atoms with van der Waals surface area (Å²) in [6, 6.07) is 23.5. The van der Waals surface area contributed by atoms with E-state index in [0.717, 1.165) is 28.4 Å². The Labute approximate surface area is 186 Å². The van der Waals surface area contributed by atoms with Crippen LogP contribution in [0.25, 0.3) is 17.1 Å². The predicted molar refractivity (Wildman–Crippen MR) is 124 cm³/mol. The van der Waals surface area contributed by atoms with E-state index >= 15 is 0 Å². The Hall–Kier alpha value is -3.38. The molecule has 0 saturated heterocycles. The fourth-order valence-corrected chi connectivity index (χ4v) is 4.02. The Kier molecular flexibility index (Phi) is 6.18. The van der Waals surface area contributed by atoms with Gasteiger partial charge in [0.2, 0.25) is 0 Å². The van der Waals surface area contributed by atoms with E-state index in [1.165, 1.54) is 17.3 Å². The van der Waals surface area contributed by atoms with Crippen LogP contribution in [0.5, 0.6) is 5.75 Å². The van der Waals surface area contributed by atoms with Gasteiger partial charge in [-0.3, -0.25) is 9.36 Å². The number of benzene rings is 3. The summed E-state index contributed by atoms with van der Waals surface area (Å²) < 4.78 is 7.26. The van der Waals surface area contributed by atoms with Crippen molar-refractivity contribution in [2.45, 2.75) is 19.0 Å². The summed E-state index contributed by atoms with van der Waals surface area (Å²) in [6.07, 6.45) is 0. The van der Waals surface area contributed by atoms with Crippen LogP contribution in [0.15, 0.2) is 78.0 Å². The van der Waals surface area contributed by atoms with Gasteiger partial charge in [-0.25, -0.2) is 0 Å². The topological polar surface area (TPSA) is 57.0 Å². The van der Waals surface area contributed by atoms with Crippen molar-refractivity contribution in [3.8, 4) is 22.8 Å². The predicted octanol–water partition coefficient (Wildman–Crippen LogP) is 5.53. The summed E-state index contributed by atoms with van der Waals surface area (Å²) in [4.78, 5) is 12.7. The smallest absolute Gasteiger partial charge is 0.196 e. The molecule has 0 radical (unpaired) electrons. The molecule has 0 amide bonds. The summed E-state index contributed by atoms with van der Waals surface area (Å²) >= 11 is 1.39. The van der Waals surface area contributed by atoms with Crippen molar-refractivity contribution in [2.75, 3.05) is 12.9 Å². The van der Waals surface area contributed by atoms with Crippen LogP contribution in [-0.2, 0) is 0 Å². The van der Waals surface area contributed by atoms with Crippen LogP contribution in [0.1, 0.15) is 21.5 Å². The van der Waals surface area contributed by atoms with Gasteiger partial charge in [0.1, 0.15) is 5.75 Å². The van der Waals surface area contributed by atoms with Gasteiger partial charge < -0.3 is 4.74 Å². The zero-order valence-electron chi connectivity index (χ0n) is 17.7. The number of hydrogen-bond acceptors (Lipinski definition) is 5. The number of hydrogen-bond donors (Lipinski definition) is 0. The van der Waals surface area contributed by atoms with E-state index in [2.05, 4.69) is 29.3 Å². The highest BCUT2D eigenvalue weighted by Gasteiger charge is 2.18. The molecule has 0 bridgehead atoms. The third-order valence-corrected chi connectivity index (χ3v) is 5.91. The number of ketones is 1. The number of carbonyl (C=O) groups excluding carboxylic acids is 1. The first-order chi connectivity index (χ1) is 15.0. The van der Waals surface area contributed by atoms with Gasteiger partial charge in [0.15, 0.2) is 16.8 Å².